The number of nitrogens with one attached hydrogen (secondary N) is 1. The molecule has 1 aliphatic rings. The first kappa shape index (κ1) is 20.0. The molecule has 26 heavy (non-hydrogen) atoms. The SMILES string of the molecule is CNC(=O)CN1CCC(CN(C)c2ccc(C#N)c(C(F)(F)F)c2)CC1. The van der Waals surface area contributed by atoms with Gasteiger partial charge >= 0.3 is 6.18 Å². The monoisotopic (exact) mass is 368 g/mol. The number of hydrogen-bond acceptors (Lipinski definition) is 4. The quantitative estimate of drug-likeness (QED) is 0.868. The number of likely N-dealkylation sites (tertiary alicyclic amines) is 1. The smallest absolute Gasteiger partial charge is 0.374 e. The first-order valence-electron chi connectivity index (χ1n) is 8.50. The van der Waals surface area contributed by atoms with E-state index in [1.165, 1.54) is 6.07 Å². The number of carbonyl (C=O) groups excluding carboxylic acids is 1. The van der Waals surface area contributed by atoms with E-state index in [1.54, 1.807) is 31.1 Å². The van der Waals surface area contributed by atoms with Gasteiger partial charge in [-0.1, -0.05) is 0 Å². The van der Waals surface area contributed by atoms with Gasteiger partial charge in [0, 0.05) is 26.3 Å². The Labute approximate surface area is 151 Å². The molecule has 1 aliphatic heterocycles. The molecule has 0 bridgehead atoms. The number of amides is 1. The molecular weight excluding hydrogens is 345 g/mol. The summed E-state index contributed by atoms with van der Waals surface area (Å²) in [4.78, 5) is 15.3. The van der Waals surface area contributed by atoms with Crippen molar-refractivity contribution < 1.29 is 18.0 Å². The maximum Gasteiger partial charge on any atom is 0.417 e. The van der Waals surface area contributed by atoms with Crippen LogP contribution < -0.4 is 10.2 Å². The first-order valence-corrected chi connectivity index (χ1v) is 8.50. The van der Waals surface area contributed by atoms with E-state index >= 15 is 0 Å². The van der Waals surface area contributed by atoms with Crippen molar-refractivity contribution in [2.75, 3.05) is 45.2 Å². The highest BCUT2D eigenvalue weighted by Gasteiger charge is 2.34. The third-order valence-electron chi connectivity index (χ3n) is 4.76. The molecule has 1 amide bonds. The number of rotatable bonds is 5. The fourth-order valence-corrected chi connectivity index (χ4v) is 3.20. The van der Waals surface area contributed by atoms with Gasteiger partial charge in [-0.25, -0.2) is 0 Å². The van der Waals surface area contributed by atoms with E-state index in [9.17, 15) is 18.0 Å². The molecule has 0 spiro atoms. The van der Waals surface area contributed by atoms with Crippen LogP contribution in [-0.4, -0.2) is 51.1 Å². The lowest BCUT2D eigenvalue weighted by molar-refractivity contribution is -0.137. The predicted octanol–water partition coefficient (Wildman–Crippen LogP) is 2.47. The van der Waals surface area contributed by atoms with Crippen LogP contribution in [0, 0.1) is 17.2 Å². The maximum atomic E-state index is 13.1. The van der Waals surface area contributed by atoms with E-state index < -0.39 is 11.7 Å². The summed E-state index contributed by atoms with van der Waals surface area (Å²) < 4.78 is 39.3. The van der Waals surface area contributed by atoms with Crippen LogP contribution in [0.2, 0.25) is 0 Å². The van der Waals surface area contributed by atoms with Crippen LogP contribution >= 0.6 is 0 Å². The van der Waals surface area contributed by atoms with Gasteiger partial charge < -0.3 is 10.2 Å². The van der Waals surface area contributed by atoms with Crippen molar-refractivity contribution in [2.24, 2.45) is 5.92 Å². The van der Waals surface area contributed by atoms with E-state index in [4.69, 9.17) is 5.26 Å². The van der Waals surface area contributed by atoms with Gasteiger partial charge in [0.2, 0.25) is 5.91 Å². The zero-order valence-corrected chi connectivity index (χ0v) is 14.9. The summed E-state index contributed by atoms with van der Waals surface area (Å²) in [5.74, 6) is 0.337. The molecular formula is C18H23F3N4O. The van der Waals surface area contributed by atoms with E-state index in [0.717, 1.165) is 32.0 Å². The van der Waals surface area contributed by atoms with E-state index in [2.05, 4.69) is 10.2 Å². The molecule has 1 aromatic carbocycles. The summed E-state index contributed by atoms with van der Waals surface area (Å²) in [7, 11) is 3.37. The van der Waals surface area contributed by atoms with Gasteiger partial charge in [-0.05, 0) is 50.0 Å². The highest BCUT2D eigenvalue weighted by molar-refractivity contribution is 5.77. The Morgan fingerprint density at radius 2 is 2.04 bits per heavy atom. The average molecular weight is 368 g/mol. The van der Waals surface area contributed by atoms with Crippen molar-refractivity contribution in [1.82, 2.24) is 10.2 Å². The van der Waals surface area contributed by atoms with Gasteiger partial charge in [-0.2, -0.15) is 18.4 Å². The molecule has 0 aromatic heterocycles. The van der Waals surface area contributed by atoms with Gasteiger partial charge in [0.25, 0.3) is 0 Å². The molecule has 0 saturated carbocycles. The highest BCUT2D eigenvalue weighted by atomic mass is 19.4. The van der Waals surface area contributed by atoms with Gasteiger partial charge in [0.15, 0.2) is 0 Å². The molecule has 1 saturated heterocycles. The van der Waals surface area contributed by atoms with Crippen molar-refractivity contribution in [3.63, 3.8) is 0 Å². The fourth-order valence-electron chi connectivity index (χ4n) is 3.20. The second kappa shape index (κ2) is 8.41. The van der Waals surface area contributed by atoms with E-state index in [0.29, 0.717) is 24.7 Å². The summed E-state index contributed by atoms with van der Waals surface area (Å²) >= 11 is 0. The number of likely N-dealkylation sites (N-methyl/N-ethyl adjacent to an activating group) is 1. The standard InChI is InChI=1S/C18H23F3N4O/c1-23-17(26)12-25-7-5-13(6-8-25)11-24(2)15-4-3-14(10-22)16(9-15)18(19,20)21/h3-4,9,13H,5-8,11-12H2,1-2H3,(H,23,26). The molecule has 1 N–H and O–H groups in total. The molecule has 2 rings (SSSR count). The van der Waals surface area contributed by atoms with E-state index in [-0.39, 0.29) is 11.5 Å². The Balaban J connectivity index is 1.98. The summed E-state index contributed by atoms with van der Waals surface area (Å²) in [6, 6.07) is 5.41. The summed E-state index contributed by atoms with van der Waals surface area (Å²) in [6.07, 6.45) is -2.76. The summed E-state index contributed by atoms with van der Waals surface area (Å²) in [6.45, 7) is 2.61. The first-order chi connectivity index (χ1) is 12.2. The average Bonchev–Trinajstić information content (AvgIpc) is 2.61. The van der Waals surface area contributed by atoms with E-state index in [1.807, 2.05) is 0 Å². The lowest BCUT2D eigenvalue weighted by atomic mass is 9.96. The number of benzene rings is 1. The maximum absolute atomic E-state index is 13.1. The topological polar surface area (TPSA) is 59.4 Å². The number of alkyl halides is 3. The van der Waals surface area contributed by atoms with Crippen LogP contribution in [0.3, 0.4) is 0 Å². The van der Waals surface area contributed by atoms with Crippen molar-refractivity contribution in [3.05, 3.63) is 29.3 Å². The van der Waals surface area contributed by atoms with Crippen LogP contribution in [0.4, 0.5) is 18.9 Å². The molecule has 1 heterocycles. The van der Waals surface area contributed by atoms with Crippen molar-refractivity contribution in [3.8, 4) is 6.07 Å². The van der Waals surface area contributed by atoms with Gasteiger partial charge in [0.05, 0.1) is 23.7 Å². The van der Waals surface area contributed by atoms with Crippen LogP contribution in [0.1, 0.15) is 24.0 Å². The van der Waals surface area contributed by atoms with Crippen molar-refractivity contribution in [1.29, 1.82) is 5.26 Å². The van der Waals surface area contributed by atoms with Crippen LogP contribution in [-0.2, 0) is 11.0 Å². The van der Waals surface area contributed by atoms with Crippen LogP contribution in [0.5, 0.6) is 0 Å². The van der Waals surface area contributed by atoms with Crippen LogP contribution in [0.25, 0.3) is 0 Å². The number of piperidine rings is 1. The van der Waals surface area contributed by atoms with Gasteiger partial charge in [0.1, 0.15) is 0 Å². The number of carbonyl (C=O) groups is 1. The minimum atomic E-state index is -4.55. The molecule has 0 radical (unpaired) electrons. The summed E-state index contributed by atoms with van der Waals surface area (Å²) in [5.41, 5.74) is -0.814. The molecule has 0 atom stereocenters. The molecule has 142 valence electrons. The summed E-state index contributed by atoms with van der Waals surface area (Å²) in [5, 5.41) is 11.5. The highest BCUT2D eigenvalue weighted by Crippen LogP contribution is 2.34. The Morgan fingerprint density at radius 3 is 2.58 bits per heavy atom. The molecule has 0 unspecified atom stereocenters. The van der Waals surface area contributed by atoms with Gasteiger partial charge in [-0.15, -0.1) is 0 Å². The number of anilines is 1. The lowest BCUT2D eigenvalue weighted by Crippen LogP contribution is -2.42. The minimum Gasteiger partial charge on any atom is -0.374 e. The Hall–Kier alpha value is -2.27. The Bertz CT molecular complexity index is 676. The molecule has 5 nitrogen and oxygen atoms in total. The minimum absolute atomic E-state index is 0.0159. The van der Waals surface area contributed by atoms with Crippen molar-refractivity contribution in [2.45, 2.75) is 19.0 Å². The number of hydrogen-bond donors (Lipinski definition) is 1. The largest absolute Gasteiger partial charge is 0.417 e. The number of halogens is 3. The lowest BCUT2D eigenvalue weighted by Gasteiger charge is -2.34. The Kier molecular flexibility index (Phi) is 6.48. The molecule has 8 heteroatoms. The van der Waals surface area contributed by atoms with Crippen molar-refractivity contribution >= 4 is 11.6 Å². The number of nitrogens with zero attached hydrogens (tertiary/aromatic N) is 3. The fraction of sp³-hybridized carbons (Fsp3) is 0.556. The van der Waals surface area contributed by atoms with Gasteiger partial charge in [-0.3, -0.25) is 9.69 Å². The normalized spacial score (nSPS) is 16.2. The molecule has 0 aliphatic carbocycles. The zero-order valence-electron chi connectivity index (χ0n) is 14.9. The Morgan fingerprint density at radius 1 is 1.38 bits per heavy atom. The number of nitriles is 1. The molecule has 1 aromatic rings. The third kappa shape index (κ3) is 5.11. The second-order valence-corrected chi connectivity index (χ2v) is 6.61. The predicted molar refractivity (Wildman–Crippen MR) is 92.7 cm³/mol. The van der Waals surface area contributed by atoms with Crippen LogP contribution in [0.15, 0.2) is 18.2 Å². The zero-order chi connectivity index (χ0) is 19.3. The third-order valence-corrected chi connectivity index (χ3v) is 4.76. The second-order valence-electron chi connectivity index (χ2n) is 6.61. The molecule has 1 fully saturated rings.